The van der Waals surface area contributed by atoms with Crippen LogP contribution in [-0.2, 0) is 25.6 Å². The van der Waals surface area contributed by atoms with E-state index in [9.17, 15) is 14.4 Å². The first-order valence-electron chi connectivity index (χ1n) is 11.7. The molecule has 3 aromatic rings. The first-order valence-corrected chi connectivity index (χ1v) is 11.7. The van der Waals surface area contributed by atoms with Crippen LogP contribution < -0.4 is 10.1 Å². The number of amides is 1. The van der Waals surface area contributed by atoms with Gasteiger partial charge in [0.1, 0.15) is 5.75 Å². The molecule has 8 nitrogen and oxygen atoms in total. The molecule has 36 heavy (non-hydrogen) atoms. The van der Waals surface area contributed by atoms with Gasteiger partial charge in [0.15, 0.2) is 6.61 Å². The Labute approximate surface area is 209 Å². The predicted molar refractivity (Wildman–Crippen MR) is 135 cm³/mol. The van der Waals surface area contributed by atoms with Crippen LogP contribution in [-0.4, -0.2) is 55.7 Å². The summed E-state index contributed by atoms with van der Waals surface area (Å²) in [7, 11) is 0. The Morgan fingerprint density at radius 2 is 1.47 bits per heavy atom. The van der Waals surface area contributed by atoms with E-state index in [0.717, 1.165) is 49.5 Å². The highest BCUT2D eigenvalue weighted by Crippen LogP contribution is 2.23. The van der Waals surface area contributed by atoms with Crippen molar-refractivity contribution in [2.75, 3.05) is 38.2 Å². The molecule has 3 aromatic carbocycles. The lowest BCUT2D eigenvalue weighted by molar-refractivity contribution is -0.131. The lowest BCUT2D eigenvalue weighted by Crippen LogP contribution is -2.35. The molecule has 0 spiro atoms. The lowest BCUT2D eigenvalue weighted by Gasteiger charge is -2.26. The van der Waals surface area contributed by atoms with Crippen molar-refractivity contribution >= 4 is 23.5 Å². The van der Waals surface area contributed by atoms with E-state index in [1.165, 1.54) is 6.92 Å². The summed E-state index contributed by atoms with van der Waals surface area (Å²) in [5.41, 5.74) is 3.93. The first-order chi connectivity index (χ1) is 17.5. The third-order valence-electron chi connectivity index (χ3n) is 5.65. The number of carbonyl (C=O) groups excluding carboxylic acids is 3. The Morgan fingerprint density at radius 1 is 0.861 bits per heavy atom. The van der Waals surface area contributed by atoms with Gasteiger partial charge in [0, 0.05) is 32.2 Å². The smallest absolute Gasteiger partial charge is 0.338 e. The molecule has 1 fully saturated rings. The SMILES string of the molecule is CC(=O)Oc1ccc(-c2ccc(C(=O)OCC(=O)Nc3ccc(CN4CCOCC4)cc3)cc2)cc1. The second kappa shape index (κ2) is 12.1. The molecule has 1 amide bonds. The number of benzene rings is 3. The molecule has 4 rings (SSSR count). The van der Waals surface area contributed by atoms with E-state index in [1.807, 2.05) is 36.4 Å². The lowest BCUT2D eigenvalue weighted by atomic mass is 10.0. The zero-order valence-electron chi connectivity index (χ0n) is 20.1. The van der Waals surface area contributed by atoms with Crippen molar-refractivity contribution in [2.45, 2.75) is 13.5 Å². The van der Waals surface area contributed by atoms with Crippen LogP contribution in [0.5, 0.6) is 5.75 Å². The van der Waals surface area contributed by atoms with Gasteiger partial charge in [0.25, 0.3) is 5.91 Å². The van der Waals surface area contributed by atoms with E-state index in [-0.39, 0.29) is 12.6 Å². The molecule has 1 saturated heterocycles. The monoisotopic (exact) mass is 488 g/mol. The van der Waals surface area contributed by atoms with Gasteiger partial charge in [-0.1, -0.05) is 36.4 Å². The molecule has 0 aromatic heterocycles. The molecular formula is C28H28N2O6. The quantitative estimate of drug-likeness (QED) is 0.380. The molecular weight excluding hydrogens is 460 g/mol. The molecule has 0 unspecified atom stereocenters. The van der Waals surface area contributed by atoms with Gasteiger partial charge in [0.2, 0.25) is 0 Å². The van der Waals surface area contributed by atoms with Gasteiger partial charge in [-0.25, -0.2) is 4.79 Å². The molecule has 1 heterocycles. The number of morpholine rings is 1. The van der Waals surface area contributed by atoms with E-state index in [2.05, 4.69) is 10.2 Å². The molecule has 0 saturated carbocycles. The summed E-state index contributed by atoms with van der Waals surface area (Å²) in [5, 5.41) is 2.75. The second-order valence-electron chi connectivity index (χ2n) is 8.41. The summed E-state index contributed by atoms with van der Waals surface area (Å²) in [4.78, 5) is 38.0. The van der Waals surface area contributed by atoms with Crippen molar-refractivity contribution in [3.05, 3.63) is 83.9 Å². The van der Waals surface area contributed by atoms with Crippen LogP contribution in [0, 0.1) is 0 Å². The van der Waals surface area contributed by atoms with Crippen LogP contribution >= 0.6 is 0 Å². The summed E-state index contributed by atoms with van der Waals surface area (Å²) in [6, 6.07) is 21.5. The highest BCUT2D eigenvalue weighted by molar-refractivity contribution is 5.95. The highest BCUT2D eigenvalue weighted by Gasteiger charge is 2.13. The fraction of sp³-hybridized carbons (Fsp3) is 0.250. The molecule has 0 aliphatic carbocycles. The Balaban J connectivity index is 1.24. The molecule has 8 heteroatoms. The van der Waals surface area contributed by atoms with Gasteiger partial charge in [0.05, 0.1) is 18.8 Å². The number of ether oxygens (including phenoxy) is 3. The number of nitrogens with one attached hydrogen (secondary N) is 1. The number of nitrogens with zero attached hydrogens (tertiary/aromatic N) is 1. The third-order valence-corrected chi connectivity index (χ3v) is 5.65. The molecule has 186 valence electrons. The van der Waals surface area contributed by atoms with Gasteiger partial charge in [-0.05, 0) is 53.1 Å². The van der Waals surface area contributed by atoms with Crippen LogP contribution in [0.1, 0.15) is 22.8 Å². The van der Waals surface area contributed by atoms with Crippen molar-refractivity contribution in [1.29, 1.82) is 0 Å². The minimum Gasteiger partial charge on any atom is -0.452 e. The van der Waals surface area contributed by atoms with Gasteiger partial charge in [-0.15, -0.1) is 0 Å². The number of carbonyl (C=O) groups is 3. The fourth-order valence-electron chi connectivity index (χ4n) is 3.80. The average Bonchev–Trinajstić information content (AvgIpc) is 2.89. The van der Waals surface area contributed by atoms with Crippen LogP contribution in [0.2, 0.25) is 0 Å². The summed E-state index contributed by atoms with van der Waals surface area (Å²) in [6.45, 7) is 5.14. The maximum absolute atomic E-state index is 12.4. The number of esters is 2. The molecule has 1 aliphatic rings. The minimum atomic E-state index is -0.581. The van der Waals surface area contributed by atoms with Crippen molar-refractivity contribution in [3.63, 3.8) is 0 Å². The van der Waals surface area contributed by atoms with Crippen LogP contribution in [0.25, 0.3) is 11.1 Å². The van der Waals surface area contributed by atoms with Crippen LogP contribution in [0.3, 0.4) is 0 Å². The number of rotatable bonds is 8. The third kappa shape index (κ3) is 7.24. The largest absolute Gasteiger partial charge is 0.452 e. The summed E-state index contributed by atoms with van der Waals surface area (Å²) in [5.74, 6) is -0.901. The Kier molecular flexibility index (Phi) is 8.44. The zero-order chi connectivity index (χ0) is 25.3. The number of anilines is 1. The van der Waals surface area contributed by atoms with Gasteiger partial charge in [-0.2, -0.15) is 0 Å². The Bertz CT molecular complexity index is 1180. The zero-order valence-corrected chi connectivity index (χ0v) is 20.1. The minimum absolute atomic E-state index is 0.343. The van der Waals surface area contributed by atoms with E-state index in [0.29, 0.717) is 17.0 Å². The molecule has 1 N–H and O–H groups in total. The second-order valence-corrected chi connectivity index (χ2v) is 8.41. The topological polar surface area (TPSA) is 94.2 Å². The summed E-state index contributed by atoms with van der Waals surface area (Å²) >= 11 is 0. The molecule has 0 atom stereocenters. The van der Waals surface area contributed by atoms with Crippen LogP contribution in [0.15, 0.2) is 72.8 Å². The molecule has 0 bridgehead atoms. The average molecular weight is 489 g/mol. The van der Waals surface area contributed by atoms with E-state index >= 15 is 0 Å². The number of hydrogen-bond donors (Lipinski definition) is 1. The predicted octanol–water partition coefficient (Wildman–Crippen LogP) is 3.91. The van der Waals surface area contributed by atoms with Crippen LogP contribution in [0.4, 0.5) is 5.69 Å². The molecule has 1 aliphatic heterocycles. The maximum Gasteiger partial charge on any atom is 0.338 e. The molecule has 0 radical (unpaired) electrons. The summed E-state index contributed by atoms with van der Waals surface area (Å²) in [6.07, 6.45) is 0. The van der Waals surface area contributed by atoms with Crippen molar-refractivity contribution in [3.8, 4) is 16.9 Å². The number of hydrogen-bond acceptors (Lipinski definition) is 7. The van der Waals surface area contributed by atoms with Crippen molar-refractivity contribution in [1.82, 2.24) is 4.90 Å². The van der Waals surface area contributed by atoms with Gasteiger partial charge >= 0.3 is 11.9 Å². The first kappa shape index (κ1) is 25.1. The van der Waals surface area contributed by atoms with Gasteiger partial charge < -0.3 is 19.5 Å². The summed E-state index contributed by atoms with van der Waals surface area (Å²) < 4.78 is 15.6. The van der Waals surface area contributed by atoms with Crippen molar-refractivity contribution in [2.24, 2.45) is 0 Å². The maximum atomic E-state index is 12.4. The normalized spacial score (nSPS) is 13.6. The standard InChI is InChI=1S/C28H28N2O6/c1-20(31)36-26-12-8-23(9-13-26)22-4-6-24(7-5-22)28(33)35-19-27(32)29-25-10-2-21(3-11-25)18-30-14-16-34-17-15-30/h2-13H,14-19H2,1H3,(H,29,32). The van der Waals surface area contributed by atoms with E-state index in [1.54, 1.807) is 36.4 Å². The van der Waals surface area contributed by atoms with Gasteiger partial charge in [-0.3, -0.25) is 14.5 Å². The van der Waals surface area contributed by atoms with Crippen molar-refractivity contribution < 1.29 is 28.6 Å². The fourth-order valence-corrected chi connectivity index (χ4v) is 3.80. The highest BCUT2D eigenvalue weighted by atomic mass is 16.5. The van der Waals surface area contributed by atoms with E-state index < -0.39 is 11.9 Å². The Hall–Kier alpha value is -4.01. The van der Waals surface area contributed by atoms with E-state index in [4.69, 9.17) is 14.2 Å². The Morgan fingerprint density at radius 3 is 2.08 bits per heavy atom.